The summed E-state index contributed by atoms with van der Waals surface area (Å²) in [6.45, 7) is 3.29. The molecular weight excluding hydrogens is 497 g/mol. The third kappa shape index (κ3) is 24.8. The van der Waals surface area contributed by atoms with E-state index in [9.17, 15) is 19.0 Å². The van der Waals surface area contributed by atoms with Crippen molar-refractivity contribution in [2.45, 2.75) is 123 Å². The van der Waals surface area contributed by atoms with Gasteiger partial charge in [-0.15, -0.1) is 0 Å². The van der Waals surface area contributed by atoms with Crippen LogP contribution < -0.4 is 5.73 Å². The number of phosphoric acid groups is 1. The van der Waals surface area contributed by atoms with E-state index in [1.165, 1.54) is 44.9 Å². The molecule has 0 aliphatic heterocycles. The molecule has 2 atom stereocenters. The summed E-state index contributed by atoms with van der Waals surface area (Å²) in [5.74, 6) is -0.902. The molecule has 0 aliphatic carbocycles. The summed E-state index contributed by atoms with van der Waals surface area (Å²) < 4.78 is 31.8. The highest BCUT2D eigenvalue weighted by atomic mass is 31.2. The number of unbranched alkanes of at least 4 members (excludes halogenated alkanes) is 11. The van der Waals surface area contributed by atoms with Crippen LogP contribution in [0.15, 0.2) is 12.2 Å². The molecule has 0 saturated heterocycles. The molecule has 0 radical (unpaired) electrons. The van der Waals surface area contributed by atoms with Gasteiger partial charge in [0, 0.05) is 19.4 Å². The minimum Gasteiger partial charge on any atom is -0.462 e. The lowest BCUT2D eigenvalue weighted by molar-refractivity contribution is -0.161. The first-order valence-electron chi connectivity index (χ1n) is 14.2. The van der Waals surface area contributed by atoms with Gasteiger partial charge in [-0.3, -0.25) is 18.6 Å². The van der Waals surface area contributed by atoms with Gasteiger partial charge >= 0.3 is 19.8 Å². The summed E-state index contributed by atoms with van der Waals surface area (Å²) in [4.78, 5) is 33.5. The average molecular weight is 550 g/mol. The van der Waals surface area contributed by atoms with Crippen molar-refractivity contribution in [1.82, 2.24) is 0 Å². The van der Waals surface area contributed by atoms with E-state index in [2.05, 4.69) is 23.6 Å². The van der Waals surface area contributed by atoms with Gasteiger partial charge in [-0.05, 0) is 38.5 Å². The van der Waals surface area contributed by atoms with Crippen molar-refractivity contribution < 1.29 is 37.6 Å². The van der Waals surface area contributed by atoms with Crippen molar-refractivity contribution in [3.63, 3.8) is 0 Å². The lowest BCUT2D eigenvalue weighted by Crippen LogP contribution is -2.29. The molecule has 37 heavy (non-hydrogen) atoms. The monoisotopic (exact) mass is 549 g/mol. The molecule has 0 heterocycles. The van der Waals surface area contributed by atoms with E-state index >= 15 is 0 Å². The number of nitrogens with two attached hydrogens (primary N) is 1. The average Bonchev–Trinajstić information content (AvgIpc) is 2.87. The lowest BCUT2D eigenvalue weighted by atomic mass is 10.1. The summed E-state index contributed by atoms with van der Waals surface area (Å²) in [6, 6.07) is 0. The number of ether oxygens (including phenoxy) is 2. The Hall–Kier alpha value is -1.25. The third-order valence-electron chi connectivity index (χ3n) is 5.62. The first kappa shape index (κ1) is 35.8. The Morgan fingerprint density at radius 3 is 1.97 bits per heavy atom. The van der Waals surface area contributed by atoms with Crippen LogP contribution in [0.5, 0.6) is 0 Å². The van der Waals surface area contributed by atoms with Gasteiger partial charge in [0.1, 0.15) is 6.61 Å². The zero-order chi connectivity index (χ0) is 27.6. The van der Waals surface area contributed by atoms with E-state index in [0.717, 1.165) is 32.1 Å². The SMILES string of the molecule is CCCCCCCC/C=C\CCCCCCCC(=O)OC(COC(=O)CCC)COP(=O)(O)OCCN. The van der Waals surface area contributed by atoms with Gasteiger partial charge in [-0.1, -0.05) is 77.4 Å². The third-order valence-corrected chi connectivity index (χ3v) is 6.61. The van der Waals surface area contributed by atoms with E-state index in [-0.39, 0.29) is 32.6 Å². The van der Waals surface area contributed by atoms with Crippen LogP contribution in [-0.4, -0.2) is 49.3 Å². The molecule has 0 saturated carbocycles. The Labute approximate surface area is 224 Å². The molecule has 218 valence electrons. The van der Waals surface area contributed by atoms with Gasteiger partial charge in [-0.25, -0.2) is 4.57 Å². The van der Waals surface area contributed by atoms with Gasteiger partial charge in [0.25, 0.3) is 0 Å². The standard InChI is InChI=1S/C27H52NO8P/c1-3-5-6-7-8-9-10-11-12-13-14-15-16-17-18-20-27(30)36-25(23-33-26(29)19-4-2)24-35-37(31,32)34-22-21-28/h11-12,25H,3-10,13-24,28H2,1-2H3,(H,31,32)/b12-11-. The zero-order valence-electron chi connectivity index (χ0n) is 23.2. The van der Waals surface area contributed by atoms with Crippen molar-refractivity contribution in [3.05, 3.63) is 12.2 Å². The molecule has 3 N–H and O–H groups in total. The Balaban J connectivity index is 4.07. The van der Waals surface area contributed by atoms with Crippen LogP contribution in [0, 0.1) is 0 Å². The molecule has 0 spiro atoms. The number of hydrogen-bond donors (Lipinski definition) is 2. The minimum absolute atomic E-state index is 0.0525. The summed E-state index contributed by atoms with van der Waals surface area (Å²) in [6.07, 6.45) is 19.8. The molecule has 0 rings (SSSR count). The van der Waals surface area contributed by atoms with Crippen LogP contribution in [0.4, 0.5) is 0 Å². The Morgan fingerprint density at radius 1 is 0.784 bits per heavy atom. The maximum atomic E-state index is 12.2. The Kier molecular flexibility index (Phi) is 24.2. The van der Waals surface area contributed by atoms with Crippen LogP contribution >= 0.6 is 7.82 Å². The number of hydrogen-bond acceptors (Lipinski definition) is 8. The van der Waals surface area contributed by atoms with Crippen molar-refractivity contribution in [1.29, 1.82) is 0 Å². The second-order valence-corrected chi connectivity index (χ2v) is 10.7. The van der Waals surface area contributed by atoms with Crippen LogP contribution in [0.25, 0.3) is 0 Å². The van der Waals surface area contributed by atoms with E-state index in [1.807, 2.05) is 6.92 Å². The first-order chi connectivity index (χ1) is 17.8. The molecule has 10 heteroatoms. The number of rotatable bonds is 26. The van der Waals surface area contributed by atoms with E-state index in [1.54, 1.807) is 0 Å². The fourth-order valence-electron chi connectivity index (χ4n) is 3.55. The number of carbonyl (C=O) groups is 2. The number of carbonyl (C=O) groups excluding carboxylic acids is 2. The highest BCUT2D eigenvalue weighted by Gasteiger charge is 2.25. The number of phosphoric ester groups is 1. The number of allylic oxidation sites excluding steroid dienone is 2. The Bertz CT molecular complexity index is 644. The molecule has 2 unspecified atom stereocenters. The fraction of sp³-hybridized carbons (Fsp3) is 0.852. The van der Waals surface area contributed by atoms with Gasteiger partial charge in [-0.2, -0.15) is 0 Å². The van der Waals surface area contributed by atoms with Crippen molar-refractivity contribution in [3.8, 4) is 0 Å². The van der Waals surface area contributed by atoms with Crippen LogP contribution in [-0.2, 0) is 32.7 Å². The van der Waals surface area contributed by atoms with Crippen LogP contribution in [0.2, 0.25) is 0 Å². The summed E-state index contributed by atoms with van der Waals surface area (Å²) in [5, 5.41) is 0. The predicted octanol–water partition coefficient (Wildman–Crippen LogP) is 6.37. The normalized spacial score (nSPS) is 13.9. The highest BCUT2D eigenvalue weighted by Crippen LogP contribution is 2.43. The lowest BCUT2D eigenvalue weighted by Gasteiger charge is -2.19. The predicted molar refractivity (Wildman–Crippen MR) is 146 cm³/mol. The fourth-order valence-corrected chi connectivity index (χ4v) is 4.31. The zero-order valence-corrected chi connectivity index (χ0v) is 24.1. The molecular formula is C27H52NO8P. The maximum Gasteiger partial charge on any atom is 0.472 e. The second kappa shape index (κ2) is 25.1. The molecule has 0 aromatic heterocycles. The Morgan fingerprint density at radius 2 is 1.38 bits per heavy atom. The van der Waals surface area contributed by atoms with E-state index < -0.39 is 32.5 Å². The highest BCUT2D eigenvalue weighted by molar-refractivity contribution is 7.47. The quantitative estimate of drug-likeness (QED) is 0.0546. The van der Waals surface area contributed by atoms with Crippen molar-refractivity contribution in [2.75, 3.05) is 26.4 Å². The molecule has 0 aromatic rings. The smallest absolute Gasteiger partial charge is 0.462 e. The van der Waals surface area contributed by atoms with Crippen LogP contribution in [0.3, 0.4) is 0 Å². The van der Waals surface area contributed by atoms with Gasteiger partial charge in [0.15, 0.2) is 6.10 Å². The molecule has 0 aromatic carbocycles. The van der Waals surface area contributed by atoms with E-state index in [0.29, 0.717) is 12.8 Å². The summed E-state index contributed by atoms with van der Waals surface area (Å²) in [7, 11) is -4.34. The van der Waals surface area contributed by atoms with Crippen LogP contribution in [0.1, 0.15) is 117 Å². The topological polar surface area (TPSA) is 134 Å². The second-order valence-electron chi connectivity index (χ2n) is 9.27. The maximum absolute atomic E-state index is 12.2. The van der Waals surface area contributed by atoms with Crippen molar-refractivity contribution in [2.24, 2.45) is 5.73 Å². The molecule has 9 nitrogen and oxygen atoms in total. The molecule has 0 fully saturated rings. The van der Waals surface area contributed by atoms with Gasteiger partial charge in [0.2, 0.25) is 0 Å². The summed E-state index contributed by atoms with van der Waals surface area (Å²) >= 11 is 0. The van der Waals surface area contributed by atoms with E-state index in [4.69, 9.17) is 19.7 Å². The molecule has 0 bridgehead atoms. The first-order valence-corrected chi connectivity index (χ1v) is 15.7. The number of esters is 2. The molecule has 0 amide bonds. The molecule has 0 aliphatic rings. The summed E-state index contributed by atoms with van der Waals surface area (Å²) in [5.41, 5.74) is 5.25. The van der Waals surface area contributed by atoms with Gasteiger partial charge < -0.3 is 20.1 Å². The minimum atomic E-state index is -4.34. The van der Waals surface area contributed by atoms with Crippen molar-refractivity contribution >= 4 is 19.8 Å². The van der Waals surface area contributed by atoms with Gasteiger partial charge in [0.05, 0.1) is 13.2 Å². The largest absolute Gasteiger partial charge is 0.472 e.